The fourth-order valence-corrected chi connectivity index (χ4v) is 7.36. The van der Waals surface area contributed by atoms with E-state index in [0.717, 1.165) is 31.4 Å². The van der Waals surface area contributed by atoms with Gasteiger partial charge in [0.25, 0.3) is 0 Å². The van der Waals surface area contributed by atoms with Crippen LogP contribution in [0.15, 0.2) is 127 Å². The van der Waals surface area contributed by atoms with Gasteiger partial charge < -0.3 is 24.7 Å². The Morgan fingerprint density at radius 2 is 1.13 bits per heavy atom. The first-order valence-electron chi connectivity index (χ1n) is 14.3. The van der Waals surface area contributed by atoms with Crippen LogP contribution in [0.25, 0.3) is 33.1 Å². The Balaban J connectivity index is 0.000000190. The topological polar surface area (TPSA) is 94.1 Å². The van der Waals surface area contributed by atoms with Gasteiger partial charge in [-0.2, -0.15) is 0 Å². The fourth-order valence-electron chi connectivity index (χ4n) is 4.51. The van der Waals surface area contributed by atoms with Crippen molar-refractivity contribution < 1.29 is 33.5 Å². The molecule has 1 heterocycles. The van der Waals surface area contributed by atoms with E-state index in [1.807, 2.05) is 59.0 Å². The molecule has 1 aromatic heterocycles. The average molecular weight is 1070 g/mol. The van der Waals surface area contributed by atoms with Gasteiger partial charge in [-0.15, -0.1) is 0 Å². The van der Waals surface area contributed by atoms with Crippen molar-refractivity contribution in [2.24, 2.45) is 0 Å². The maximum absolute atomic E-state index is 13.8. The highest BCUT2D eigenvalue weighted by atomic mass is 127. The number of fused-ring (bicyclic) bond motifs is 3. The number of aromatic hydroxyl groups is 2. The zero-order chi connectivity index (χ0) is 37.4. The number of halogens is 9. The van der Waals surface area contributed by atoms with Crippen molar-refractivity contribution in [3.8, 4) is 22.6 Å². The summed E-state index contributed by atoms with van der Waals surface area (Å²) in [6, 6.07) is 30.7. The molecule has 52 heavy (non-hydrogen) atoms. The zero-order valence-electron chi connectivity index (χ0n) is 25.6. The van der Waals surface area contributed by atoms with Crippen molar-refractivity contribution in [2.45, 2.75) is 7.43 Å². The van der Waals surface area contributed by atoms with Crippen LogP contribution in [0.5, 0.6) is 11.5 Å². The number of para-hydroxylation sites is 1. The van der Waals surface area contributed by atoms with Crippen molar-refractivity contribution in [2.75, 3.05) is 0 Å². The third-order valence-corrected chi connectivity index (χ3v) is 10.5. The van der Waals surface area contributed by atoms with E-state index >= 15 is 0 Å². The average Bonchev–Trinajstić information content (AvgIpc) is 3.47. The molecule has 0 aliphatic rings. The second-order valence-corrected chi connectivity index (χ2v) is 15.1. The standard InChI is InChI=1S/C12H7BrClFO.C12H6BrClO.C6H6BClO3.C6H3BrFI.CH4/c13-8-4-1-3-7(12(8)15)11-9(14)5-2-6-10(11)16;13-8-4-1-3-7-11-9(14)5-2-6-10(11)15-12(7)8;8-4-2-1-3-5(9)6(4)7(10)11;7-4-2-1-3-5(9)6(4)8;/h1-6,16H;1-6H;1-3,9-11H;1-3H;1H4. The van der Waals surface area contributed by atoms with E-state index in [9.17, 15) is 13.9 Å². The fraction of sp³-hybridized carbons (Fsp3) is 0.0270. The Bertz CT molecular complexity index is 2250. The van der Waals surface area contributed by atoms with Crippen LogP contribution in [0.3, 0.4) is 0 Å². The van der Waals surface area contributed by atoms with Crippen LogP contribution in [-0.2, 0) is 0 Å². The Hall–Kier alpha value is -2.40. The van der Waals surface area contributed by atoms with Gasteiger partial charge >= 0.3 is 7.12 Å². The summed E-state index contributed by atoms with van der Waals surface area (Å²) in [6.45, 7) is 0. The molecule has 15 heteroatoms. The normalized spacial score (nSPS) is 10.2. The van der Waals surface area contributed by atoms with Crippen molar-refractivity contribution >= 4 is 140 Å². The minimum Gasteiger partial charge on any atom is -0.508 e. The molecule has 7 rings (SSSR count). The minimum absolute atomic E-state index is 0. The third-order valence-electron chi connectivity index (χ3n) is 6.83. The Labute approximate surface area is 352 Å². The first-order chi connectivity index (χ1) is 24.2. The molecule has 0 aliphatic carbocycles. The number of rotatable bonds is 2. The van der Waals surface area contributed by atoms with Gasteiger partial charge in [-0.25, -0.2) is 8.78 Å². The molecule has 0 fully saturated rings. The minimum atomic E-state index is -1.73. The molecule has 0 amide bonds. The highest BCUT2D eigenvalue weighted by molar-refractivity contribution is 14.1. The van der Waals surface area contributed by atoms with E-state index in [2.05, 4.69) is 47.8 Å². The smallest absolute Gasteiger partial charge is 0.493 e. The monoisotopic (exact) mass is 1070 g/mol. The zero-order valence-corrected chi connectivity index (χ0v) is 34.8. The molecule has 0 saturated heterocycles. The molecule has 5 nitrogen and oxygen atoms in total. The second-order valence-electron chi connectivity index (χ2n) is 10.1. The lowest BCUT2D eigenvalue weighted by atomic mass is 9.79. The summed E-state index contributed by atoms with van der Waals surface area (Å²) < 4.78 is 34.7. The van der Waals surface area contributed by atoms with Gasteiger partial charge in [0.15, 0.2) is 5.82 Å². The molecular weight excluding hydrogens is 1050 g/mol. The number of hydrogen-bond acceptors (Lipinski definition) is 5. The predicted molar refractivity (Wildman–Crippen MR) is 229 cm³/mol. The van der Waals surface area contributed by atoms with Crippen molar-refractivity contribution in [1.29, 1.82) is 0 Å². The molecule has 0 atom stereocenters. The van der Waals surface area contributed by atoms with Gasteiger partial charge in [-0.3, -0.25) is 0 Å². The molecule has 7 aromatic rings. The molecule has 0 saturated carbocycles. The molecule has 0 bridgehead atoms. The molecule has 0 radical (unpaired) electrons. The predicted octanol–water partition coefficient (Wildman–Crippen LogP) is 13.2. The lowest BCUT2D eigenvalue weighted by molar-refractivity contribution is 0.419. The molecule has 6 aromatic carbocycles. The van der Waals surface area contributed by atoms with Gasteiger partial charge in [0.05, 0.1) is 23.5 Å². The highest BCUT2D eigenvalue weighted by Crippen LogP contribution is 2.39. The molecule has 270 valence electrons. The van der Waals surface area contributed by atoms with E-state index in [4.69, 9.17) is 54.4 Å². The van der Waals surface area contributed by atoms with Gasteiger partial charge in [0.1, 0.15) is 28.5 Å². The summed E-state index contributed by atoms with van der Waals surface area (Å²) >= 11 is 29.2. The molecule has 0 unspecified atom stereocenters. The van der Waals surface area contributed by atoms with E-state index in [0.29, 0.717) is 23.1 Å². The Morgan fingerprint density at radius 1 is 0.615 bits per heavy atom. The van der Waals surface area contributed by atoms with Crippen LogP contribution in [0.2, 0.25) is 15.1 Å². The maximum Gasteiger partial charge on any atom is 0.493 e. The number of phenols is 2. The van der Waals surface area contributed by atoms with Gasteiger partial charge in [0, 0.05) is 36.0 Å². The second kappa shape index (κ2) is 20.3. The number of furan rings is 1. The molecule has 0 spiro atoms. The van der Waals surface area contributed by atoms with Gasteiger partial charge in [0.2, 0.25) is 0 Å². The van der Waals surface area contributed by atoms with Crippen molar-refractivity contribution in [1.82, 2.24) is 0 Å². The van der Waals surface area contributed by atoms with Gasteiger partial charge in [-0.05, 0) is 131 Å². The van der Waals surface area contributed by atoms with Crippen LogP contribution in [0.4, 0.5) is 8.78 Å². The van der Waals surface area contributed by atoms with Gasteiger partial charge in [-0.1, -0.05) is 90.8 Å². The van der Waals surface area contributed by atoms with Crippen molar-refractivity contribution in [3.63, 3.8) is 0 Å². The lowest BCUT2D eigenvalue weighted by Crippen LogP contribution is -2.30. The van der Waals surface area contributed by atoms with Crippen LogP contribution in [-0.4, -0.2) is 27.4 Å². The van der Waals surface area contributed by atoms with Crippen LogP contribution in [0.1, 0.15) is 7.43 Å². The number of phenolic OH excluding ortho intramolecular Hbond substituents is 2. The number of benzene rings is 6. The summed E-state index contributed by atoms with van der Waals surface area (Å²) in [5.41, 5.74) is 2.19. The summed E-state index contributed by atoms with van der Waals surface area (Å²) in [6.07, 6.45) is 0. The third kappa shape index (κ3) is 10.9. The molecule has 0 aliphatic heterocycles. The Kier molecular flexibility index (Phi) is 17.2. The molecule has 4 N–H and O–H groups in total. The quantitative estimate of drug-likeness (QED) is 0.0786. The largest absolute Gasteiger partial charge is 0.508 e. The van der Waals surface area contributed by atoms with E-state index in [1.54, 1.807) is 48.5 Å². The van der Waals surface area contributed by atoms with E-state index < -0.39 is 12.9 Å². The summed E-state index contributed by atoms with van der Waals surface area (Å²) in [5, 5.41) is 39.4. The first kappa shape index (κ1) is 44.0. The molecular formula is C37H26BBr3Cl3F2IO5. The summed E-state index contributed by atoms with van der Waals surface area (Å²) in [7, 11) is -1.73. The number of hydrogen-bond donors (Lipinski definition) is 4. The van der Waals surface area contributed by atoms with Crippen molar-refractivity contribution in [3.05, 3.63) is 153 Å². The maximum atomic E-state index is 13.8. The Morgan fingerprint density at radius 3 is 1.71 bits per heavy atom. The lowest BCUT2D eigenvalue weighted by Gasteiger charge is -2.08. The van der Waals surface area contributed by atoms with Crippen LogP contribution < -0.4 is 5.46 Å². The highest BCUT2D eigenvalue weighted by Gasteiger charge is 2.19. The SMILES string of the molecule is C.Clc1cccc2oc3c(Br)cccc3c12.Fc1c(Br)cccc1I.OB(O)c1c(O)cccc1Cl.Oc1cccc(Cl)c1-c1cccc(Br)c1F. The summed E-state index contributed by atoms with van der Waals surface area (Å²) in [5.74, 6) is -0.874. The van der Waals surface area contributed by atoms with E-state index in [-0.39, 0.29) is 40.8 Å². The van der Waals surface area contributed by atoms with Crippen LogP contribution >= 0.6 is 105 Å². The summed E-state index contributed by atoms with van der Waals surface area (Å²) in [4.78, 5) is 0. The first-order valence-corrected chi connectivity index (χ1v) is 18.9. The van der Waals surface area contributed by atoms with E-state index in [1.165, 1.54) is 24.3 Å². The van der Waals surface area contributed by atoms with Crippen LogP contribution in [0, 0.1) is 15.2 Å².